The zero-order valence-corrected chi connectivity index (χ0v) is 7.82. The first-order chi connectivity index (χ1) is 6.24. The van der Waals surface area contributed by atoms with Crippen LogP contribution in [0, 0.1) is 12.7 Å². The van der Waals surface area contributed by atoms with Gasteiger partial charge in [-0.15, -0.1) is 11.3 Å². The van der Waals surface area contributed by atoms with Gasteiger partial charge in [0, 0.05) is 21.0 Å². The Morgan fingerprint density at radius 1 is 1.46 bits per heavy atom. The second-order valence-corrected chi connectivity index (χ2v) is 3.77. The molecule has 2 aromatic rings. The monoisotopic (exact) mass is 194 g/mol. The van der Waals surface area contributed by atoms with Crippen LogP contribution in [0.5, 0.6) is 0 Å². The van der Waals surface area contributed by atoms with Crippen molar-refractivity contribution in [2.45, 2.75) is 6.92 Å². The highest BCUT2D eigenvalue weighted by Gasteiger charge is 2.08. The van der Waals surface area contributed by atoms with Gasteiger partial charge in [0.15, 0.2) is 6.29 Å². The van der Waals surface area contributed by atoms with Gasteiger partial charge in [-0.3, -0.25) is 4.79 Å². The van der Waals surface area contributed by atoms with Crippen LogP contribution in [-0.2, 0) is 0 Å². The van der Waals surface area contributed by atoms with E-state index in [2.05, 4.69) is 0 Å². The molecule has 0 fully saturated rings. The quantitative estimate of drug-likeness (QED) is 0.637. The van der Waals surface area contributed by atoms with Crippen molar-refractivity contribution in [1.29, 1.82) is 0 Å². The van der Waals surface area contributed by atoms with Crippen LogP contribution >= 0.6 is 11.3 Å². The number of carbonyl (C=O) groups excluding carboxylic acids is 1. The molecule has 0 bridgehead atoms. The fourth-order valence-electron chi connectivity index (χ4n) is 1.39. The molecule has 0 spiro atoms. The van der Waals surface area contributed by atoms with Crippen LogP contribution in [0.1, 0.15) is 15.9 Å². The molecule has 0 atom stereocenters. The molecule has 0 unspecified atom stereocenters. The molecular weight excluding hydrogens is 187 g/mol. The van der Waals surface area contributed by atoms with Crippen LogP contribution in [-0.4, -0.2) is 6.29 Å². The number of halogens is 1. The number of rotatable bonds is 1. The maximum atomic E-state index is 13.1. The summed E-state index contributed by atoms with van der Waals surface area (Å²) in [5.74, 6) is -0.256. The summed E-state index contributed by atoms with van der Waals surface area (Å²) in [4.78, 5) is 10.6. The molecule has 2 rings (SSSR count). The highest BCUT2D eigenvalue weighted by atomic mass is 32.1. The zero-order valence-electron chi connectivity index (χ0n) is 7.00. The van der Waals surface area contributed by atoms with Crippen molar-refractivity contribution in [2.75, 3.05) is 0 Å². The van der Waals surface area contributed by atoms with Crippen LogP contribution < -0.4 is 0 Å². The van der Waals surface area contributed by atoms with E-state index in [1.54, 1.807) is 18.4 Å². The summed E-state index contributed by atoms with van der Waals surface area (Å²) in [5, 5.41) is 2.50. The minimum atomic E-state index is -0.256. The topological polar surface area (TPSA) is 17.1 Å². The van der Waals surface area contributed by atoms with E-state index < -0.39 is 0 Å². The maximum Gasteiger partial charge on any atom is 0.151 e. The second kappa shape index (κ2) is 2.92. The molecule has 0 amide bonds. The van der Waals surface area contributed by atoms with Crippen LogP contribution in [0.4, 0.5) is 4.39 Å². The lowest BCUT2D eigenvalue weighted by Crippen LogP contribution is -1.84. The number of thiophene rings is 1. The summed E-state index contributed by atoms with van der Waals surface area (Å²) in [6, 6.07) is 3.14. The maximum absolute atomic E-state index is 13.1. The van der Waals surface area contributed by atoms with Gasteiger partial charge >= 0.3 is 0 Å². The predicted molar refractivity (Wildman–Crippen MR) is 51.9 cm³/mol. The normalized spacial score (nSPS) is 10.6. The average molecular weight is 194 g/mol. The number of hydrogen-bond donors (Lipinski definition) is 0. The van der Waals surface area contributed by atoms with Gasteiger partial charge in [-0.1, -0.05) is 0 Å². The number of fused-ring (bicyclic) bond motifs is 1. The van der Waals surface area contributed by atoms with Crippen LogP contribution in [0.3, 0.4) is 0 Å². The number of carbonyl (C=O) groups is 1. The van der Waals surface area contributed by atoms with Crippen molar-refractivity contribution in [3.05, 3.63) is 34.5 Å². The molecular formula is C10H7FOS. The van der Waals surface area contributed by atoms with Crippen molar-refractivity contribution in [2.24, 2.45) is 0 Å². The minimum Gasteiger partial charge on any atom is -0.298 e. The van der Waals surface area contributed by atoms with Gasteiger partial charge in [0.05, 0.1) is 0 Å². The second-order valence-electron chi connectivity index (χ2n) is 2.85. The van der Waals surface area contributed by atoms with Crippen LogP contribution in [0.25, 0.3) is 10.1 Å². The van der Waals surface area contributed by atoms with E-state index in [4.69, 9.17) is 0 Å². The molecule has 66 valence electrons. The standard InChI is InChI=1S/C10H7FOS/c1-6-8(11)2-3-9-10(6)7(4-12)5-13-9/h2-5H,1H3. The Bertz CT molecular complexity index is 473. The molecule has 0 aliphatic rings. The molecule has 0 saturated heterocycles. The fraction of sp³-hybridized carbons (Fsp3) is 0.100. The van der Waals surface area contributed by atoms with E-state index in [0.717, 1.165) is 16.4 Å². The first kappa shape index (κ1) is 8.38. The first-order valence-electron chi connectivity index (χ1n) is 3.85. The van der Waals surface area contributed by atoms with Crippen LogP contribution in [0.15, 0.2) is 17.5 Å². The minimum absolute atomic E-state index is 0.256. The molecule has 1 aromatic heterocycles. The van der Waals surface area contributed by atoms with Gasteiger partial charge in [-0.2, -0.15) is 0 Å². The SMILES string of the molecule is Cc1c(F)ccc2scc(C=O)c12. The van der Waals surface area contributed by atoms with Gasteiger partial charge in [0.2, 0.25) is 0 Å². The highest BCUT2D eigenvalue weighted by molar-refractivity contribution is 7.17. The Balaban J connectivity index is 2.93. The Hall–Kier alpha value is -1.22. The van der Waals surface area contributed by atoms with E-state index in [1.807, 2.05) is 0 Å². The van der Waals surface area contributed by atoms with Gasteiger partial charge in [0.25, 0.3) is 0 Å². The van der Waals surface area contributed by atoms with Crippen molar-refractivity contribution >= 4 is 27.7 Å². The summed E-state index contributed by atoms with van der Waals surface area (Å²) in [7, 11) is 0. The molecule has 0 aliphatic carbocycles. The summed E-state index contributed by atoms with van der Waals surface area (Å²) in [6.07, 6.45) is 0.769. The molecule has 1 nitrogen and oxygen atoms in total. The summed E-state index contributed by atoms with van der Waals surface area (Å²) >= 11 is 1.46. The van der Waals surface area contributed by atoms with Gasteiger partial charge in [-0.25, -0.2) is 4.39 Å². The summed E-state index contributed by atoms with van der Waals surface area (Å²) < 4.78 is 14.1. The smallest absolute Gasteiger partial charge is 0.151 e. The third kappa shape index (κ3) is 1.16. The van der Waals surface area contributed by atoms with E-state index in [-0.39, 0.29) is 5.82 Å². The largest absolute Gasteiger partial charge is 0.298 e. The molecule has 1 heterocycles. The van der Waals surface area contributed by atoms with E-state index in [1.165, 1.54) is 17.4 Å². The third-order valence-electron chi connectivity index (χ3n) is 2.09. The van der Waals surface area contributed by atoms with E-state index >= 15 is 0 Å². The Labute approximate surface area is 78.8 Å². The zero-order chi connectivity index (χ0) is 9.42. The summed E-state index contributed by atoms with van der Waals surface area (Å²) in [5.41, 5.74) is 1.14. The van der Waals surface area contributed by atoms with Gasteiger partial charge in [-0.05, 0) is 24.6 Å². The molecule has 3 heteroatoms. The fourth-order valence-corrected chi connectivity index (χ4v) is 2.35. The van der Waals surface area contributed by atoms with Crippen molar-refractivity contribution < 1.29 is 9.18 Å². The molecule has 0 N–H and O–H groups in total. The number of benzene rings is 1. The van der Waals surface area contributed by atoms with Crippen molar-refractivity contribution in [3.8, 4) is 0 Å². The molecule has 1 aromatic carbocycles. The lowest BCUT2D eigenvalue weighted by Gasteiger charge is -1.98. The van der Waals surface area contributed by atoms with Gasteiger partial charge in [0.1, 0.15) is 5.82 Å². The van der Waals surface area contributed by atoms with Crippen molar-refractivity contribution in [3.63, 3.8) is 0 Å². The molecule has 0 aliphatic heterocycles. The number of aryl methyl sites for hydroxylation is 1. The number of aldehydes is 1. The Kier molecular flexibility index (Phi) is 1.88. The Morgan fingerprint density at radius 3 is 2.92 bits per heavy atom. The highest BCUT2D eigenvalue weighted by Crippen LogP contribution is 2.29. The van der Waals surface area contributed by atoms with E-state index in [0.29, 0.717) is 11.1 Å². The lowest BCUT2D eigenvalue weighted by atomic mass is 10.1. The first-order valence-corrected chi connectivity index (χ1v) is 4.73. The predicted octanol–water partition coefficient (Wildman–Crippen LogP) is 3.16. The number of hydrogen-bond acceptors (Lipinski definition) is 2. The Morgan fingerprint density at radius 2 is 2.23 bits per heavy atom. The molecule has 0 saturated carbocycles. The van der Waals surface area contributed by atoms with Crippen LogP contribution in [0.2, 0.25) is 0 Å². The van der Waals surface area contributed by atoms with E-state index in [9.17, 15) is 9.18 Å². The van der Waals surface area contributed by atoms with Crippen molar-refractivity contribution in [1.82, 2.24) is 0 Å². The average Bonchev–Trinajstić information content (AvgIpc) is 2.55. The van der Waals surface area contributed by atoms with Gasteiger partial charge < -0.3 is 0 Å². The molecule has 0 radical (unpaired) electrons. The third-order valence-corrected chi connectivity index (χ3v) is 3.06. The summed E-state index contributed by atoms with van der Waals surface area (Å²) in [6.45, 7) is 1.69. The molecule has 13 heavy (non-hydrogen) atoms. The lowest BCUT2D eigenvalue weighted by molar-refractivity contribution is 0.112.